The lowest BCUT2D eigenvalue weighted by Crippen LogP contribution is -2.48. The van der Waals surface area contributed by atoms with Crippen LogP contribution in [0.1, 0.15) is 45.0 Å². The Morgan fingerprint density at radius 2 is 1.74 bits per heavy atom. The van der Waals surface area contributed by atoms with Crippen LogP contribution in [0.2, 0.25) is 0 Å². The van der Waals surface area contributed by atoms with Gasteiger partial charge in [0.15, 0.2) is 0 Å². The van der Waals surface area contributed by atoms with Crippen LogP contribution in [-0.2, 0) is 15.6 Å². The van der Waals surface area contributed by atoms with Gasteiger partial charge in [0.05, 0.1) is 52.7 Å². The Balaban J connectivity index is 1.67. The first-order chi connectivity index (χ1) is 16.1. The summed E-state index contributed by atoms with van der Waals surface area (Å²) >= 11 is 0. The molecule has 1 heterocycles. The van der Waals surface area contributed by atoms with E-state index < -0.39 is 15.8 Å². The summed E-state index contributed by atoms with van der Waals surface area (Å²) in [5.41, 5.74) is 1.05. The number of ether oxygens (including phenoxy) is 2. The number of aromatic nitrogens is 2. The monoisotopic (exact) mass is 462 g/mol. The molecule has 0 radical (unpaired) electrons. The standard InChI is InChI=1S/C25H26N4O5/c1-23(2)24(3)10-11-25(23,22(30)28-17-9-7-15(33-4)13-19(17)34-5)21-20(24)26-16-8-6-14(29(31)32)12-18(16)27-21/h6-9,12-13H,10-11H2,1-5H3,(H,28,30). The number of anilines is 1. The Hall–Kier alpha value is -3.75. The third kappa shape index (κ3) is 2.63. The topological polar surface area (TPSA) is 116 Å². The van der Waals surface area contributed by atoms with Gasteiger partial charge in [0.2, 0.25) is 5.91 Å². The van der Waals surface area contributed by atoms with Gasteiger partial charge in [-0.1, -0.05) is 20.8 Å². The van der Waals surface area contributed by atoms with Gasteiger partial charge < -0.3 is 14.8 Å². The second-order valence-electron chi connectivity index (χ2n) is 9.73. The molecule has 1 amide bonds. The van der Waals surface area contributed by atoms with Gasteiger partial charge in [-0.05, 0) is 36.5 Å². The molecule has 9 heteroatoms. The van der Waals surface area contributed by atoms with Crippen molar-refractivity contribution in [3.05, 3.63) is 57.9 Å². The summed E-state index contributed by atoms with van der Waals surface area (Å²) in [6.07, 6.45) is 1.39. The zero-order valence-corrected chi connectivity index (χ0v) is 19.8. The van der Waals surface area contributed by atoms with E-state index in [1.54, 1.807) is 31.4 Å². The number of carbonyl (C=O) groups is 1. The van der Waals surface area contributed by atoms with Crippen molar-refractivity contribution in [2.24, 2.45) is 5.41 Å². The molecule has 0 aliphatic heterocycles. The van der Waals surface area contributed by atoms with Crippen molar-refractivity contribution >= 4 is 28.3 Å². The van der Waals surface area contributed by atoms with E-state index in [0.717, 1.165) is 12.1 Å². The predicted molar refractivity (Wildman–Crippen MR) is 126 cm³/mol. The van der Waals surface area contributed by atoms with Gasteiger partial charge in [0.25, 0.3) is 5.69 Å². The lowest BCUT2D eigenvalue weighted by Gasteiger charge is -2.39. The molecule has 1 saturated carbocycles. The molecule has 5 rings (SSSR count). The molecule has 0 saturated heterocycles. The molecule has 3 aromatic rings. The first-order valence-electron chi connectivity index (χ1n) is 11.1. The van der Waals surface area contributed by atoms with Crippen LogP contribution < -0.4 is 14.8 Å². The molecule has 0 spiro atoms. The quantitative estimate of drug-likeness (QED) is 0.437. The SMILES string of the molecule is COc1ccc(NC(=O)C23CCC(C)(c4nc5ccc([N+](=O)[O-])cc5nc42)C3(C)C)c(OC)c1. The van der Waals surface area contributed by atoms with E-state index in [1.165, 1.54) is 19.2 Å². The fourth-order valence-electron chi connectivity index (χ4n) is 5.84. The number of amides is 1. The molecular weight excluding hydrogens is 436 g/mol. The fraction of sp³-hybridized carbons (Fsp3) is 0.400. The van der Waals surface area contributed by atoms with Crippen molar-refractivity contribution in [3.63, 3.8) is 0 Å². The average molecular weight is 463 g/mol. The van der Waals surface area contributed by atoms with Crippen molar-refractivity contribution in [1.82, 2.24) is 9.97 Å². The molecule has 1 N–H and O–H groups in total. The Morgan fingerprint density at radius 3 is 2.41 bits per heavy atom. The summed E-state index contributed by atoms with van der Waals surface area (Å²) in [5.74, 6) is 0.913. The average Bonchev–Trinajstić information content (AvgIpc) is 3.12. The predicted octanol–water partition coefficient (Wildman–Crippen LogP) is 4.52. The highest BCUT2D eigenvalue weighted by Crippen LogP contribution is 2.70. The Kier molecular flexibility index (Phi) is 4.62. The van der Waals surface area contributed by atoms with Gasteiger partial charge in [-0.3, -0.25) is 14.9 Å². The third-order valence-electron chi connectivity index (χ3n) is 8.28. The minimum absolute atomic E-state index is 0.0585. The van der Waals surface area contributed by atoms with Gasteiger partial charge in [0.1, 0.15) is 11.5 Å². The molecule has 1 aromatic heterocycles. The van der Waals surface area contributed by atoms with Crippen LogP contribution >= 0.6 is 0 Å². The lowest BCUT2D eigenvalue weighted by atomic mass is 9.63. The first kappa shape index (κ1) is 22.1. The van der Waals surface area contributed by atoms with E-state index in [9.17, 15) is 14.9 Å². The summed E-state index contributed by atoms with van der Waals surface area (Å²) in [6, 6.07) is 9.70. The summed E-state index contributed by atoms with van der Waals surface area (Å²) in [6.45, 7) is 6.30. The van der Waals surface area contributed by atoms with Crippen LogP contribution in [0.3, 0.4) is 0 Å². The Bertz CT molecular complexity index is 1370. The van der Waals surface area contributed by atoms with Crippen LogP contribution in [0, 0.1) is 15.5 Å². The largest absolute Gasteiger partial charge is 0.497 e. The van der Waals surface area contributed by atoms with E-state index in [0.29, 0.717) is 40.3 Å². The number of non-ortho nitro benzene ring substituents is 1. The minimum Gasteiger partial charge on any atom is -0.497 e. The summed E-state index contributed by atoms with van der Waals surface area (Å²) in [7, 11) is 3.10. The van der Waals surface area contributed by atoms with Gasteiger partial charge in [0, 0.05) is 23.6 Å². The molecule has 2 aliphatic carbocycles. The number of nitrogens with zero attached hydrogens (tertiary/aromatic N) is 3. The number of nitro benzene ring substituents is 1. The van der Waals surface area contributed by atoms with Crippen molar-refractivity contribution in [3.8, 4) is 11.5 Å². The van der Waals surface area contributed by atoms with E-state index >= 15 is 0 Å². The number of methoxy groups -OCH3 is 2. The maximum atomic E-state index is 14.1. The number of carbonyl (C=O) groups excluding carboxylic acids is 1. The zero-order chi connectivity index (χ0) is 24.5. The molecule has 1 fully saturated rings. The summed E-state index contributed by atoms with van der Waals surface area (Å²) < 4.78 is 10.7. The van der Waals surface area contributed by atoms with Crippen LogP contribution in [0.5, 0.6) is 11.5 Å². The first-order valence-corrected chi connectivity index (χ1v) is 11.1. The number of hydrogen-bond donors (Lipinski definition) is 1. The van der Waals surface area contributed by atoms with Crippen LogP contribution in [-0.4, -0.2) is 35.0 Å². The lowest BCUT2D eigenvalue weighted by molar-refractivity contribution is -0.384. The number of hydrogen-bond acceptors (Lipinski definition) is 7. The minimum atomic E-state index is -0.951. The maximum absolute atomic E-state index is 14.1. The summed E-state index contributed by atoms with van der Waals surface area (Å²) in [4.78, 5) is 34.7. The second-order valence-corrected chi connectivity index (χ2v) is 9.73. The highest BCUT2D eigenvalue weighted by atomic mass is 16.6. The zero-order valence-electron chi connectivity index (χ0n) is 19.8. The number of benzene rings is 2. The number of nitrogens with one attached hydrogen (secondary N) is 1. The van der Waals surface area contributed by atoms with Crippen LogP contribution in [0.15, 0.2) is 36.4 Å². The number of nitro groups is 1. The van der Waals surface area contributed by atoms with Crippen LogP contribution in [0.25, 0.3) is 11.0 Å². The third-order valence-corrected chi connectivity index (χ3v) is 8.28. The summed E-state index contributed by atoms with van der Waals surface area (Å²) in [5, 5.41) is 14.4. The molecule has 176 valence electrons. The highest BCUT2D eigenvalue weighted by molar-refractivity contribution is 6.03. The molecule has 2 aliphatic rings. The fourth-order valence-corrected chi connectivity index (χ4v) is 5.84. The maximum Gasteiger partial charge on any atom is 0.271 e. The highest BCUT2D eigenvalue weighted by Gasteiger charge is 2.73. The van der Waals surface area contributed by atoms with E-state index in [2.05, 4.69) is 26.1 Å². The molecular formula is C25H26N4O5. The molecule has 2 unspecified atom stereocenters. The Labute approximate surface area is 196 Å². The molecule has 9 nitrogen and oxygen atoms in total. The van der Waals surface area contributed by atoms with Gasteiger partial charge >= 0.3 is 0 Å². The van der Waals surface area contributed by atoms with Crippen molar-refractivity contribution in [2.45, 2.75) is 44.4 Å². The van der Waals surface area contributed by atoms with Crippen molar-refractivity contribution < 1.29 is 19.2 Å². The van der Waals surface area contributed by atoms with Crippen LogP contribution in [0.4, 0.5) is 11.4 Å². The van der Waals surface area contributed by atoms with Crippen molar-refractivity contribution in [1.29, 1.82) is 0 Å². The molecule has 2 atom stereocenters. The van der Waals surface area contributed by atoms with Crippen molar-refractivity contribution in [2.75, 3.05) is 19.5 Å². The smallest absolute Gasteiger partial charge is 0.271 e. The molecule has 34 heavy (non-hydrogen) atoms. The molecule has 2 bridgehead atoms. The van der Waals surface area contributed by atoms with E-state index in [4.69, 9.17) is 19.4 Å². The Morgan fingerprint density at radius 1 is 1.00 bits per heavy atom. The van der Waals surface area contributed by atoms with Gasteiger partial charge in [-0.2, -0.15) is 0 Å². The van der Waals surface area contributed by atoms with Gasteiger partial charge in [-0.25, -0.2) is 9.97 Å². The molecule has 2 aromatic carbocycles. The van der Waals surface area contributed by atoms with E-state index in [-0.39, 0.29) is 17.0 Å². The second kappa shape index (κ2) is 7.12. The van der Waals surface area contributed by atoms with E-state index in [1.807, 2.05) is 0 Å². The van der Waals surface area contributed by atoms with Gasteiger partial charge in [-0.15, -0.1) is 0 Å². The normalized spacial score (nSPS) is 24.0. The number of rotatable bonds is 5. The number of fused-ring (bicyclic) bond motifs is 6.